The van der Waals surface area contributed by atoms with E-state index in [-0.39, 0.29) is 30.6 Å². The Morgan fingerprint density at radius 3 is 2.47 bits per heavy atom. The summed E-state index contributed by atoms with van der Waals surface area (Å²) >= 11 is 0. The minimum Gasteiger partial charge on any atom is -0.350 e. The summed E-state index contributed by atoms with van der Waals surface area (Å²) in [7, 11) is 0. The number of hydrogen-bond acceptors (Lipinski definition) is 6. The Morgan fingerprint density at radius 2 is 1.87 bits per heavy atom. The number of carbonyl (C=O) groups is 3. The van der Waals surface area contributed by atoms with Crippen LogP contribution in [0.3, 0.4) is 0 Å². The van der Waals surface area contributed by atoms with E-state index in [0.717, 1.165) is 31.2 Å². The van der Waals surface area contributed by atoms with Crippen molar-refractivity contribution in [3.8, 4) is 0 Å². The van der Waals surface area contributed by atoms with Gasteiger partial charge in [-0.2, -0.15) is 0 Å². The molecule has 1 aliphatic carbocycles. The van der Waals surface area contributed by atoms with E-state index >= 15 is 0 Å². The van der Waals surface area contributed by atoms with Crippen LogP contribution in [-0.2, 0) is 24.0 Å². The third kappa shape index (κ3) is 9.53. The number of hydrazine groups is 1. The molecule has 9 heteroatoms. The Morgan fingerprint density at radius 1 is 1.13 bits per heavy atom. The van der Waals surface area contributed by atoms with Gasteiger partial charge in [-0.1, -0.05) is 56.3 Å². The summed E-state index contributed by atoms with van der Waals surface area (Å²) in [5, 5.41) is 2.77. The van der Waals surface area contributed by atoms with E-state index in [1.807, 2.05) is 56.3 Å². The summed E-state index contributed by atoms with van der Waals surface area (Å²) < 4.78 is 5.59. The van der Waals surface area contributed by atoms with Crippen LogP contribution in [0.4, 0.5) is 0 Å². The van der Waals surface area contributed by atoms with Gasteiger partial charge in [0.25, 0.3) is 11.8 Å². The summed E-state index contributed by atoms with van der Waals surface area (Å²) in [4.78, 5) is 46.3. The van der Waals surface area contributed by atoms with Crippen molar-refractivity contribution in [2.75, 3.05) is 13.2 Å². The first kappa shape index (κ1) is 29.8. The van der Waals surface area contributed by atoms with Crippen LogP contribution in [0.15, 0.2) is 36.4 Å². The minimum absolute atomic E-state index is 0.191. The van der Waals surface area contributed by atoms with Crippen molar-refractivity contribution in [1.29, 1.82) is 0 Å². The van der Waals surface area contributed by atoms with Gasteiger partial charge in [0.05, 0.1) is 6.04 Å². The van der Waals surface area contributed by atoms with E-state index in [9.17, 15) is 14.4 Å². The molecular weight excluding hydrogens is 484 g/mol. The molecule has 2 aliphatic rings. The molecule has 0 spiro atoms. The topological polar surface area (TPSA) is 114 Å². The molecular formula is C29H44N4O5. The highest BCUT2D eigenvalue weighted by molar-refractivity contribution is 5.90. The quantitative estimate of drug-likeness (QED) is 0.377. The third-order valence-electron chi connectivity index (χ3n) is 6.72. The van der Waals surface area contributed by atoms with Gasteiger partial charge in [-0.3, -0.25) is 14.4 Å². The maximum Gasteiger partial charge on any atom is 0.268 e. The first-order chi connectivity index (χ1) is 18.3. The number of rotatable bonds is 13. The van der Waals surface area contributed by atoms with Crippen molar-refractivity contribution < 1.29 is 24.0 Å². The van der Waals surface area contributed by atoms with Crippen LogP contribution >= 0.6 is 0 Å². The first-order valence-corrected chi connectivity index (χ1v) is 13.9. The maximum absolute atomic E-state index is 13.7. The van der Waals surface area contributed by atoms with Crippen LogP contribution in [0.5, 0.6) is 0 Å². The average molecular weight is 529 g/mol. The number of hydrogen-bond donors (Lipinski definition) is 2. The number of nitrogens with zero attached hydrogens (tertiary/aromatic N) is 2. The molecule has 9 nitrogen and oxygen atoms in total. The lowest BCUT2D eigenvalue weighted by atomic mass is 10.1. The van der Waals surface area contributed by atoms with Gasteiger partial charge in [-0.05, 0) is 62.8 Å². The summed E-state index contributed by atoms with van der Waals surface area (Å²) in [6, 6.07) is 7.90. The van der Waals surface area contributed by atoms with Crippen LogP contribution in [0.25, 0.3) is 6.08 Å². The molecule has 0 radical (unpaired) electrons. The molecule has 0 aromatic heterocycles. The lowest BCUT2D eigenvalue weighted by molar-refractivity contribution is -0.206. The molecule has 3 N–H and O–H groups in total. The molecule has 1 unspecified atom stereocenters. The standard InChI is InChI=1S/C29H44N4O5/c1-21(2)15-18-26(34)33(32(20-24-16-17-24)29(36)22(3)30)25(13-9-12-23-10-5-4-6-11-23)28(35)31-38-27-14-7-8-19-37-27/h4-6,9-12,21-22,24-25,27H,7-8,13-20,30H2,1-3H3,(H,31,35)/t22-,25+,27?/m1/s1. The van der Waals surface area contributed by atoms with Crippen LogP contribution in [-0.4, -0.2) is 59.3 Å². The second-order valence-corrected chi connectivity index (χ2v) is 10.8. The number of amides is 3. The van der Waals surface area contributed by atoms with Gasteiger partial charge < -0.3 is 10.5 Å². The van der Waals surface area contributed by atoms with Crippen LogP contribution < -0.4 is 11.2 Å². The molecule has 3 atom stereocenters. The number of carbonyl (C=O) groups excluding carboxylic acids is 3. The Kier molecular flexibility index (Phi) is 11.8. The normalized spacial score (nSPS) is 19.2. The Bertz CT molecular complexity index is 926. The average Bonchev–Trinajstić information content (AvgIpc) is 3.74. The highest BCUT2D eigenvalue weighted by atomic mass is 16.8. The molecule has 3 rings (SSSR count). The zero-order valence-corrected chi connectivity index (χ0v) is 23.0. The Balaban J connectivity index is 1.90. The Hall–Kier alpha value is -2.75. The molecule has 1 heterocycles. The maximum atomic E-state index is 13.7. The molecule has 1 saturated heterocycles. The summed E-state index contributed by atoms with van der Waals surface area (Å²) in [6.07, 6.45) is 8.79. The number of hydroxylamine groups is 1. The van der Waals surface area contributed by atoms with Gasteiger partial charge >= 0.3 is 0 Å². The molecule has 1 aliphatic heterocycles. The van der Waals surface area contributed by atoms with Crippen LogP contribution in [0.2, 0.25) is 0 Å². The van der Waals surface area contributed by atoms with Gasteiger partial charge in [0.15, 0.2) is 6.29 Å². The Labute approximate surface area is 226 Å². The zero-order valence-electron chi connectivity index (χ0n) is 23.0. The van der Waals surface area contributed by atoms with Crippen molar-refractivity contribution in [3.05, 3.63) is 42.0 Å². The molecule has 0 bridgehead atoms. The fraction of sp³-hybridized carbons (Fsp3) is 0.621. The summed E-state index contributed by atoms with van der Waals surface area (Å²) in [6.45, 7) is 6.61. The number of nitrogens with one attached hydrogen (secondary N) is 1. The third-order valence-corrected chi connectivity index (χ3v) is 6.72. The van der Waals surface area contributed by atoms with Gasteiger partial charge in [-0.15, -0.1) is 0 Å². The molecule has 2 fully saturated rings. The predicted octanol–water partition coefficient (Wildman–Crippen LogP) is 3.80. The van der Waals surface area contributed by atoms with Gasteiger partial charge in [0, 0.05) is 26.0 Å². The minimum atomic E-state index is -1.00. The van der Waals surface area contributed by atoms with E-state index in [0.29, 0.717) is 31.9 Å². The smallest absolute Gasteiger partial charge is 0.268 e. The number of nitrogens with two attached hydrogens (primary N) is 1. The zero-order chi connectivity index (χ0) is 27.5. The van der Waals surface area contributed by atoms with E-state index < -0.39 is 24.3 Å². The SMILES string of the molecule is CC(C)CCC(=O)N([C@@H](CC=Cc1ccccc1)C(=O)NOC1CCCCO1)N(CC1CC1)C(=O)[C@@H](C)N. The lowest BCUT2D eigenvalue weighted by Gasteiger charge is -2.40. The lowest BCUT2D eigenvalue weighted by Crippen LogP contribution is -2.61. The van der Waals surface area contributed by atoms with Gasteiger partial charge in [-0.25, -0.2) is 20.3 Å². The van der Waals surface area contributed by atoms with Crippen molar-refractivity contribution in [3.63, 3.8) is 0 Å². The molecule has 38 heavy (non-hydrogen) atoms. The summed E-state index contributed by atoms with van der Waals surface area (Å²) in [5.41, 5.74) is 9.52. The fourth-order valence-corrected chi connectivity index (χ4v) is 4.28. The van der Waals surface area contributed by atoms with Gasteiger partial charge in [0.1, 0.15) is 6.04 Å². The van der Waals surface area contributed by atoms with Crippen molar-refractivity contribution >= 4 is 23.8 Å². The van der Waals surface area contributed by atoms with Crippen molar-refractivity contribution in [2.24, 2.45) is 17.6 Å². The second-order valence-electron chi connectivity index (χ2n) is 10.8. The predicted molar refractivity (Wildman–Crippen MR) is 146 cm³/mol. The second kappa shape index (κ2) is 15.0. The van der Waals surface area contributed by atoms with E-state index in [2.05, 4.69) is 5.48 Å². The van der Waals surface area contributed by atoms with Crippen LogP contribution in [0.1, 0.15) is 77.7 Å². The number of ether oxygens (including phenoxy) is 1. The van der Waals surface area contributed by atoms with Crippen molar-refractivity contribution in [2.45, 2.75) is 90.5 Å². The van der Waals surface area contributed by atoms with E-state index in [1.54, 1.807) is 6.92 Å². The number of benzene rings is 1. The summed E-state index contributed by atoms with van der Waals surface area (Å²) in [5.74, 6) is -0.591. The monoisotopic (exact) mass is 528 g/mol. The fourth-order valence-electron chi connectivity index (χ4n) is 4.28. The van der Waals surface area contributed by atoms with E-state index in [4.69, 9.17) is 15.3 Å². The highest BCUT2D eigenvalue weighted by Gasteiger charge is 2.40. The first-order valence-electron chi connectivity index (χ1n) is 13.9. The van der Waals surface area contributed by atoms with Crippen molar-refractivity contribution in [1.82, 2.24) is 15.5 Å². The van der Waals surface area contributed by atoms with Crippen LogP contribution in [0, 0.1) is 11.8 Å². The molecule has 1 aromatic rings. The largest absolute Gasteiger partial charge is 0.350 e. The van der Waals surface area contributed by atoms with Gasteiger partial charge in [0.2, 0.25) is 5.91 Å². The molecule has 1 aromatic carbocycles. The van der Waals surface area contributed by atoms with E-state index in [1.165, 1.54) is 10.0 Å². The highest BCUT2D eigenvalue weighted by Crippen LogP contribution is 2.31. The molecule has 210 valence electrons. The molecule has 3 amide bonds. The molecule has 1 saturated carbocycles.